The second kappa shape index (κ2) is 14.5. The number of likely N-dealkylation sites (tertiary alicyclic amines) is 1. The van der Waals surface area contributed by atoms with E-state index < -0.39 is 32.7 Å². The Kier molecular flexibility index (Phi) is 11.0. The molecule has 0 unspecified atom stereocenters. The Morgan fingerprint density at radius 3 is 2.53 bits per heavy atom. The number of hydrogen-bond donors (Lipinski definition) is 2. The molecular formula is C35H50ClFN6O5Si. The van der Waals surface area contributed by atoms with E-state index in [1.54, 1.807) is 18.2 Å². The van der Waals surface area contributed by atoms with Crippen molar-refractivity contribution in [1.82, 2.24) is 24.9 Å². The van der Waals surface area contributed by atoms with Gasteiger partial charge in [-0.05, 0) is 76.4 Å². The molecule has 2 aliphatic rings. The van der Waals surface area contributed by atoms with E-state index in [9.17, 15) is 9.90 Å². The molecule has 3 atom stereocenters. The first-order chi connectivity index (χ1) is 22.9. The van der Waals surface area contributed by atoms with Gasteiger partial charge in [-0.15, -0.1) is 0 Å². The maximum atomic E-state index is 15.5. The van der Waals surface area contributed by atoms with Crippen molar-refractivity contribution < 1.29 is 28.0 Å². The molecule has 14 heteroatoms. The number of alkyl halides is 1. The van der Waals surface area contributed by atoms with Crippen molar-refractivity contribution in [3.8, 4) is 28.4 Å². The maximum absolute atomic E-state index is 15.5. The van der Waals surface area contributed by atoms with Crippen LogP contribution in [0.15, 0.2) is 22.7 Å². The van der Waals surface area contributed by atoms with E-state index in [0.717, 1.165) is 30.5 Å². The highest BCUT2D eigenvalue weighted by molar-refractivity contribution is 6.74. The molecule has 0 spiro atoms. The quantitative estimate of drug-likeness (QED) is 0.180. The number of carbonyl (C=O) groups is 1. The van der Waals surface area contributed by atoms with Gasteiger partial charge in [0.15, 0.2) is 14.1 Å². The summed E-state index contributed by atoms with van der Waals surface area (Å²) in [4.78, 5) is 25.0. The van der Waals surface area contributed by atoms with Gasteiger partial charge in [-0.1, -0.05) is 37.5 Å². The summed E-state index contributed by atoms with van der Waals surface area (Å²) in [6.45, 7) is 17.8. The lowest BCUT2D eigenvalue weighted by atomic mass is 10.0. The summed E-state index contributed by atoms with van der Waals surface area (Å²) in [5.74, 6) is 1.97. The first-order valence-electron chi connectivity index (χ1n) is 17.0. The Morgan fingerprint density at radius 1 is 1.22 bits per heavy atom. The number of anilines is 1. The van der Waals surface area contributed by atoms with Crippen LogP contribution in [0.25, 0.3) is 22.6 Å². The maximum Gasteiger partial charge on any atom is 0.407 e. The molecule has 1 amide bonds. The lowest BCUT2D eigenvalue weighted by molar-refractivity contribution is 0.0794. The summed E-state index contributed by atoms with van der Waals surface area (Å²) in [5.41, 5.74) is 3.34. The van der Waals surface area contributed by atoms with Crippen LogP contribution >= 0.6 is 11.6 Å². The van der Waals surface area contributed by atoms with Crippen molar-refractivity contribution in [1.29, 1.82) is 0 Å². The Morgan fingerprint density at radius 2 is 1.94 bits per heavy atom. The third kappa shape index (κ3) is 8.55. The third-order valence-corrected chi connectivity index (χ3v) is 14.9. The van der Waals surface area contributed by atoms with Gasteiger partial charge in [0.25, 0.3) is 0 Å². The first-order valence-corrected chi connectivity index (χ1v) is 20.2. The summed E-state index contributed by atoms with van der Waals surface area (Å²) in [7, 11) is -0.737. The minimum atomic E-state index is -2.25. The highest BCUT2D eigenvalue weighted by Crippen LogP contribution is 2.39. The van der Waals surface area contributed by atoms with Gasteiger partial charge in [-0.3, -0.25) is 4.90 Å². The molecule has 11 nitrogen and oxygen atoms in total. The van der Waals surface area contributed by atoms with E-state index in [2.05, 4.69) is 49.2 Å². The number of halogens is 2. The number of piperidine rings is 1. The van der Waals surface area contributed by atoms with Gasteiger partial charge in [0.1, 0.15) is 30.1 Å². The van der Waals surface area contributed by atoms with Gasteiger partial charge in [0.05, 0.1) is 40.7 Å². The molecule has 1 aliphatic heterocycles. The van der Waals surface area contributed by atoms with Crippen LogP contribution in [0.3, 0.4) is 0 Å². The van der Waals surface area contributed by atoms with Gasteiger partial charge < -0.3 is 29.0 Å². The van der Waals surface area contributed by atoms with E-state index in [-0.39, 0.29) is 18.2 Å². The van der Waals surface area contributed by atoms with Crippen LogP contribution in [-0.4, -0.2) is 102 Å². The summed E-state index contributed by atoms with van der Waals surface area (Å²) in [6, 6.07) is 5.35. The summed E-state index contributed by atoms with van der Waals surface area (Å²) >= 11 is 6.79. The predicted octanol–water partition coefficient (Wildman–Crippen LogP) is 7.74. The van der Waals surface area contributed by atoms with E-state index in [4.69, 9.17) is 35.3 Å². The van der Waals surface area contributed by atoms with E-state index in [1.165, 1.54) is 11.9 Å². The lowest BCUT2D eigenvalue weighted by Gasteiger charge is -2.39. The van der Waals surface area contributed by atoms with Crippen LogP contribution in [0.4, 0.5) is 15.0 Å². The molecule has 1 saturated heterocycles. The number of rotatable bonds is 12. The normalized spacial score (nSPS) is 19.5. The molecule has 1 aromatic carbocycles. The standard InChI is InChI=1S/C35H50ClFN6O5Si/c1-20-31(30-21(2)41-47-22(30)3)39-33(40-32(20)38-29-14-15-43(18-28(29)37)23-10-11-23)26-16-24(12-13-27(26)36)46-19-25(17-42(7)34(44)45)48-49(8,9)35(4,5)6/h12-13,16,23,25,28-29H,10-11,14-15,17-19H2,1-9H3,(H,44,45)(H,38,39,40)/t25-,28+,29-/m1/s1. The fraction of sp³-hybridized carbons (Fsp3) is 0.600. The fourth-order valence-electron chi connectivity index (χ4n) is 5.94. The van der Waals surface area contributed by atoms with Crippen molar-refractivity contribution in [2.75, 3.05) is 38.6 Å². The Hall–Kier alpha value is -3.26. The number of ether oxygens (including phenoxy) is 1. The second-order valence-electron chi connectivity index (χ2n) is 15.0. The number of aryl methyl sites for hydroxylation is 2. The first kappa shape index (κ1) is 37.0. The number of aromatic nitrogens is 3. The molecule has 2 N–H and O–H groups in total. The van der Waals surface area contributed by atoms with E-state index in [0.29, 0.717) is 64.1 Å². The molecule has 268 valence electrons. The highest BCUT2D eigenvalue weighted by Gasteiger charge is 2.40. The topological polar surface area (TPSA) is 126 Å². The number of hydrogen-bond acceptors (Lipinski definition) is 9. The molecule has 0 bridgehead atoms. The van der Waals surface area contributed by atoms with Crippen molar-refractivity contribution in [2.24, 2.45) is 0 Å². The Bertz CT molecular complexity index is 1640. The molecule has 3 aromatic rings. The van der Waals surface area contributed by atoms with Gasteiger partial charge in [0.2, 0.25) is 0 Å². The Labute approximate surface area is 294 Å². The van der Waals surface area contributed by atoms with Crippen molar-refractivity contribution in [3.05, 3.63) is 40.2 Å². The van der Waals surface area contributed by atoms with Gasteiger partial charge in [-0.2, -0.15) is 0 Å². The van der Waals surface area contributed by atoms with Crippen LogP contribution in [0.5, 0.6) is 5.75 Å². The van der Waals surface area contributed by atoms with Crippen molar-refractivity contribution in [3.63, 3.8) is 0 Å². The van der Waals surface area contributed by atoms with Crippen LogP contribution in [0.1, 0.15) is 57.1 Å². The summed E-state index contributed by atoms with van der Waals surface area (Å²) in [6.07, 6.45) is 0.368. The smallest absolute Gasteiger partial charge is 0.407 e. The van der Waals surface area contributed by atoms with Crippen LogP contribution < -0.4 is 10.1 Å². The highest BCUT2D eigenvalue weighted by atomic mass is 35.5. The van der Waals surface area contributed by atoms with Gasteiger partial charge in [0, 0.05) is 37.3 Å². The number of nitrogens with one attached hydrogen (secondary N) is 1. The molecule has 2 fully saturated rings. The molecule has 49 heavy (non-hydrogen) atoms. The van der Waals surface area contributed by atoms with Crippen LogP contribution in [0, 0.1) is 20.8 Å². The number of likely N-dealkylation sites (N-methyl/N-ethyl adjacent to an activating group) is 1. The number of benzene rings is 1. The van der Waals surface area contributed by atoms with E-state index >= 15 is 4.39 Å². The van der Waals surface area contributed by atoms with Crippen molar-refractivity contribution in [2.45, 2.75) is 103 Å². The lowest BCUT2D eigenvalue weighted by Crippen LogP contribution is -2.49. The minimum absolute atomic E-state index is 0.0790. The van der Waals surface area contributed by atoms with Crippen LogP contribution in [0.2, 0.25) is 23.2 Å². The monoisotopic (exact) mass is 716 g/mol. The predicted molar refractivity (Wildman–Crippen MR) is 192 cm³/mol. The molecule has 1 aliphatic carbocycles. The second-order valence-corrected chi connectivity index (χ2v) is 20.1. The zero-order valence-electron chi connectivity index (χ0n) is 30.1. The van der Waals surface area contributed by atoms with Gasteiger partial charge >= 0.3 is 6.09 Å². The van der Waals surface area contributed by atoms with E-state index in [1.807, 2.05) is 20.8 Å². The number of nitrogens with zero attached hydrogens (tertiary/aromatic N) is 5. The molecule has 5 rings (SSSR count). The van der Waals surface area contributed by atoms with Crippen molar-refractivity contribution >= 4 is 31.8 Å². The molecule has 1 saturated carbocycles. The zero-order valence-corrected chi connectivity index (χ0v) is 31.8. The largest absolute Gasteiger partial charge is 0.491 e. The average Bonchev–Trinajstić information content (AvgIpc) is 3.82. The Balaban J connectivity index is 1.46. The number of carboxylic acid groups (broad SMARTS) is 1. The third-order valence-electron chi connectivity index (χ3n) is 10.1. The summed E-state index contributed by atoms with van der Waals surface area (Å²) < 4.78 is 33.9. The minimum Gasteiger partial charge on any atom is -0.491 e. The SMILES string of the molecule is Cc1noc(C)c1-c1nc(-c2cc(OC[C@@H](CN(C)C(=O)O)O[Si](C)(C)C(C)(C)C)ccc2Cl)nc(N[C@@H]2CCN(C3CC3)C[C@@H]2F)c1C. The molecule has 2 aromatic heterocycles. The zero-order chi connectivity index (χ0) is 35.8. The molecule has 0 radical (unpaired) electrons. The average molecular weight is 717 g/mol. The number of amides is 1. The van der Waals surface area contributed by atoms with Gasteiger partial charge in [-0.25, -0.2) is 19.2 Å². The fourth-order valence-corrected chi connectivity index (χ4v) is 7.47. The molecule has 3 heterocycles. The molecular weight excluding hydrogens is 667 g/mol. The summed E-state index contributed by atoms with van der Waals surface area (Å²) in [5, 5.41) is 17.5. The van der Waals surface area contributed by atoms with Crippen LogP contribution in [-0.2, 0) is 4.43 Å².